The van der Waals surface area contributed by atoms with Crippen LogP contribution in [0.15, 0.2) is 35.5 Å². The standard InChI is InChI=1S/C34H60O3Si2/c1-14-28-19-20-29-26(16-15-21-33(28,29)9)17-18-27-22-34(24-35,37-39(12,13)32(6,7)8)23-30(25(27)2)36-38(10,11)31(3,4)5/h17-18,24,28-30H,2,14-16,19-23H2,1,3-13H3/t28-,29-,30-,33+,34+/m0/s1. The summed E-state index contributed by atoms with van der Waals surface area (Å²) in [7, 11) is -4.30. The maximum absolute atomic E-state index is 13.0. The van der Waals surface area contributed by atoms with Crippen molar-refractivity contribution in [2.75, 3.05) is 0 Å². The van der Waals surface area contributed by atoms with E-state index in [2.05, 4.69) is 100 Å². The molecule has 3 rings (SSSR count). The summed E-state index contributed by atoms with van der Waals surface area (Å²) in [5.41, 5.74) is 3.36. The first-order chi connectivity index (χ1) is 17.7. The largest absolute Gasteiger partial charge is 0.410 e. The van der Waals surface area contributed by atoms with E-state index >= 15 is 0 Å². The molecule has 0 radical (unpaired) electrons. The summed E-state index contributed by atoms with van der Waals surface area (Å²) in [6.07, 6.45) is 14.5. The van der Waals surface area contributed by atoms with Gasteiger partial charge in [0.1, 0.15) is 5.60 Å². The molecule has 3 fully saturated rings. The summed E-state index contributed by atoms with van der Waals surface area (Å²) < 4.78 is 14.0. The fourth-order valence-electron chi connectivity index (χ4n) is 7.04. The van der Waals surface area contributed by atoms with Crippen molar-refractivity contribution < 1.29 is 13.6 Å². The van der Waals surface area contributed by atoms with Gasteiger partial charge in [-0.2, -0.15) is 0 Å². The van der Waals surface area contributed by atoms with Crippen LogP contribution in [-0.2, 0) is 13.6 Å². The average Bonchev–Trinajstić information content (AvgIpc) is 3.15. The molecule has 0 saturated heterocycles. The summed E-state index contributed by atoms with van der Waals surface area (Å²) in [6, 6.07) is 0. The smallest absolute Gasteiger partial charge is 0.193 e. The van der Waals surface area contributed by atoms with Gasteiger partial charge >= 0.3 is 0 Å². The van der Waals surface area contributed by atoms with Crippen LogP contribution in [0, 0.1) is 17.3 Å². The lowest BCUT2D eigenvalue weighted by atomic mass is 9.63. The number of aldehydes is 1. The summed E-state index contributed by atoms with van der Waals surface area (Å²) in [6.45, 7) is 32.2. The molecule has 3 aliphatic carbocycles. The minimum atomic E-state index is -2.20. The van der Waals surface area contributed by atoms with Crippen molar-refractivity contribution in [3.05, 3.63) is 35.5 Å². The third-order valence-electron chi connectivity index (χ3n) is 11.7. The first-order valence-electron chi connectivity index (χ1n) is 15.6. The highest BCUT2D eigenvalue weighted by Gasteiger charge is 2.51. The predicted molar refractivity (Wildman–Crippen MR) is 172 cm³/mol. The highest BCUT2D eigenvalue weighted by Crippen LogP contribution is 2.58. The molecule has 0 heterocycles. The molecule has 0 N–H and O–H groups in total. The normalized spacial score (nSPS) is 35.0. The van der Waals surface area contributed by atoms with E-state index in [4.69, 9.17) is 8.85 Å². The molecule has 222 valence electrons. The Hall–Kier alpha value is -0.756. The Balaban J connectivity index is 2.03. The van der Waals surface area contributed by atoms with Crippen LogP contribution in [0.4, 0.5) is 0 Å². The number of hydrogen-bond acceptors (Lipinski definition) is 3. The summed E-state index contributed by atoms with van der Waals surface area (Å²) in [5, 5.41) is 0.0928. The molecule has 0 aliphatic heterocycles. The van der Waals surface area contributed by atoms with Crippen LogP contribution in [0.5, 0.6) is 0 Å². The Morgan fingerprint density at radius 3 is 2.15 bits per heavy atom. The molecule has 0 unspecified atom stereocenters. The van der Waals surface area contributed by atoms with Crippen LogP contribution in [0.2, 0.25) is 36.3 Å². The topological polar surface area (TPSA) is 35.5 Å². The lowest BCUT2D eigenvalue weighted by Gasteiger charge is -2.49. The summed E-state index contributed by atoms with van der Waals surface area (Å²) in [4.78, 5) is 13.0. The summed E-state index contributed by atoms with van der Waals surface area (Å²) >= 11 is 0. The second kappa shape index (κ2) is 11.1. The Bertz CT molecular complexity index is 993. The van der Waals surface area contributed by atoms with E-state index < -0.39 is 22.2 Å². The van der Waals surface area contributed by atoms with Gasteiger partial charge in [-0.05, 0) is 96.8 Å². The van der Waals surface area contributed by atoms with Gasteiger partial charge in [-0.1, -0.05) is 86.1 Å². The Morgan fingerprint density at radius 2 is 1.62 bits per heavy atom. The minimum absolute atomic E-state index is 0.0178. The maximum atomic E-state index is 13.0. The molecule has 3 saturated carbocycles. The second-order valence-electron chi connectivity index (χ2n) is 16.3. The van der Waals surface area contributed by atoms with Gasteiger partial charge in [0.25, 0.3) is 0 Å². The molecule has 39 heavy (non-hydrogen) atoms. The molecule has 0 bridgehead atoms. The van der Waals surface area contributed by atoms with Gasteiger partial charge in [0.15, 0.2) is 22.9 Å². The van der Waals surface area contributed by atoms with E-state index in [0.29, 0.717) is 24.2 Å². The molecule has 0 spiro atoms. The van der Waals surface area contributed by atoms with Crippen molar-refractivity contribution >= 4 is 22.9 Å². The zero-order valence-electron chi connectivity index (χ0n) is 27.6. The van der Waals surface area contributed by atoms with Crippen LogP contribution in [0.1, 0.15) is 107 Å². The number of hydrogen-bond donors (Lipinski definition) is 0. The highest BCUT2D eigenvalue weighted by atomic mass is 28.4. The fourth-order valence-corrected chi connectivity index (χ4v) is 9.86. The second-order valence-corrected chi connectivity index (χ2v) is 25.8. The van der Waals surface area contributed by atoms with Crippen molar-refractivity contribution in [2.45, 2.75) is 155 Å². The Morgan fingerprint density at radius 1 is 1.00 bits per heavy atom. The molecule has 0 amide bonds. The third-order valence-corrected chi connectivity index (χ3v) is 20.7. The van der Waals surface area contributed by atoms with Crippen molar-refractivity contribution in [1.29, 1.82) is 0 Å². The molecule has 5 heteroatoms. The highest BCUT2D eigenvalue weighted by molar-refractivity contribution is 6.74. The fraction of sp³-hybridized carbons (Fsp3) is 0.794. The van der Waals surface area contributed by atoms with Crippen molar-refractivity contribution in [1.82, 2.24) is 0 Å². The molecule has 0 aromatic heterocycles. The van der Waals surface area contributed by atoms with Crippen molar-refractivity contribution in [3.8, 4) is 0 Å². The lowest BCUT2D eigenvalue weighted by Crippen LogP contribution is -2.55. The van der Waals surface area contributed by atoms with Crippen LogP contribution in [0.25, 0.3) is 0 Å². The zero-order valence-corrected chi connectivity index (χ0v) is 29.6. The SMILES string of the molecule is C=C1C(=CC=C2CCC[C@]3(C)[C@@H](CC)CC[C@@H]23)C[C@@](C=O)(O[Si](C)(C)C(C)(C)C)C[C@@H]1O[Si](C)(C)C(C)(C)C. The van der Waals surface area contributed by atoms with E-state index in [1.165, 1.54) is 38.5 Å². The van der Waals surface area contributed by atoms with Gasteiger partial charge in [0, 0.05) is 12.8 Å². The molecule has 0 aromatic rings. The minimum Gasteiger partial charge on any atom is -0.410 e. The zero-order chi connectivity index (χ0) is 29.7. The van der Waals surface area contributed by atoms with E-state index in [-0.39, 0.29) is 16.2 Å². The quantitative estimate of drug-likeness (QED) is 0.225. The van der Waals surface area contributed by atoms with Gasteiger partial charge in [-0.3, -0.25) is 0 Å². The predicted octanol–water partition coefficient (Wildman–Crippen LogP) is 10.2. The lowest BCUT2D eigenvalue weighted by molar-refractivity contribution is -0.125. The van der Waals surface area contributed by atoms with Crippen LogP contribution >= 0.6 is 0 Å². The van der Waals surface area contributed by atoms with Gasteiger partial charge in [-0.15, -0.1) is 0 Å². The van der Waals surface area contributed by atoms with Gasteiger partial charge < -0.3 is 13.6 Å². The molecule has 5 atom stereocenters. The van der Waals surface area contributed by atoms with Crippen molar-refractivity contribution in [2.24, 2.45) is 17.3 Å². The number of carbonyl (C=O) groups excluding carboxylic acids is 1. The van der Waals surface area contributed by atoms with Gasteiger partial charge in [-0.25, -0.2) is 0 Å². The summed E-state index contributed by atoms with van der Waals surface area (Å²) in [5.74, 6) is 1.52. The van der Waals surface area contributed by atoms with E-state index in [0.717, 1.165) is 23.4 Å². The molecule has 3 nitrogen and oxygen atoms in total. The average molecular weight is 573 g/mol. The van der Waals surface area contributed by atoms with Crippen LogP contribution in [0.3, 0.4) is 0 Å². The molecular formula is C34H60O3Si2. The molecular weight excluding hydrogens is 513 g/mol. The number of fused-ring (bicyclic) bond motifs is 1. The monoisotopic (exact) mass is 572 g/mol. The van der Waals surface area contributed by atoms with E-state index in [1.54, 1.807) is 5.57 Å². The van der Waals surface area contributed by atoms with Crippen LogP contribution in [-0.4, -0.2) is 34.6 Å². The first-order valence-corrected chi connectivity index (χ1v) is 21.5. The van der Waals surface area contributed by atoms with Crippen LogP contribution < -0.4 is 0 Å². The molecule has 0 aromatic carbocycles. The van der Waals surface area contributed by atoms with E-state index in [9.17, 15) is 4.79 Å². The number of carbonyl (C=O) groups is 1. The van der Waals surface area contributed by atoms with Crippen molar-refractivity contribution in [3.63, 3.8) is 0 Å². The Labute approximate surface area is 243 Å². The number of allylic oxidation sites excluding steroid dienone is 3. The van der Waals surface area contributed by atoms with Gasteiger partial charge in [0.05, 0.1) is 6.10 Å². The van der Waals surface area contributed by atoms with E-state index in [1.807, 2.05) is 0 Å². The first kappa shape index (κ1) is 32.8. The third kappa shape index (κ3) is 6.52. The van der Waals surface area contributed by atoms with Gasteiger partial charge in [0.2, 0.25) is 0 Å². The maximum Gasteiger partial charge on any atom is 0.193 e. The Kier molecular flexibility index (Phi) is 9.36. The molecule has 3 aliphatic rings. The number of rotatable bonds is 7.